The minimum atomic E-state index is -0.00381. The lowest BCUT2D eigenvalue weighted by Crippen LogP contribution is -2.36. The van der Waals surface area contributed by atoms with Crippen molar-refractivity contribution in [3.8, 4) is 0 Å². The second-order valence-corrected chi connectivity index (χ2v) is 6.94. The first-order chi connectivity index (χ1) is 12.8. The zero-order valence-corrected chi connectivity index (χ0v) is 14.9. The van der Waals surface area contributed by atoms with Gasteiger partial charge in [-0.25, -0.2) is 0 Å². The lowest BCUT2D eigenvalue weighted by atomic mass is 10.0. The van der Waals surface area contributed by atoms with Crippen molar-refractivity contribution >= 4 is 16.7 Å². The Bertz CT molecular complexity index is 885. The highest BCUT2D eigenvalue weighted by Gasteiger charge is 2.23. The molecule has 26 heavy (non-hydrogen) atoms. The molecule has 0 spiro atoms. The predicted molar refractivity (Wildman–Crippen MR) is 106 cm³/mol. The predicted octanol–water partition coefficient (Wildman–Crippen LogP) is 4.41. The molecule has 1 N–H and O–H groups in total. The van der Waals surface area contributed by atoms with Gasteiger partial charge in [0.15, 0.2) is 0 Å². The van der Waals surface area contributed by atoms with Crippen molar-refractivity contribution in [3.63, 3.8) is 0 Å². The lowest BCUT2D eigenvalue weighted by Gasteiger charge is -2.28. The van der Waals surface area contributed by atoms with Crippen LogP contribution in [0, 0.1) is 0 Å². The molecule has 0 radical (unpaired) electrons. The number of carbonyl (C=O) groups is 1. The van der Waals surface area contributed by atoms with E-state index in [0.717, 1.165) is 29.4 Å². The van der Waals surface area contributed by atoms with Crippen molar-refractivity contribution in [2.45, 2.75) is 18.9 Å². The number of amides is 1. The maximum absolute atomic E-state index is 12.7. The van der Waals surface area contributed by atoms with E-state index in [1.54, 1.807) is 0 Å². The molecule has 3 nitrogen and oxygen atoms in total. The molecule has 1 aliphatic heterocycles. The minimum absolute atomic E-state index is 0.00381. The Morgan fingerprint density at radius 1 is 0.885 bits per heavy atom. The van der Waals surface area contributed by atoms with Gasteiger partial charge < -0.3 is 5.32 Å². The van der Waals surface area contributed by atoms with E-state index in [4.69, 9.17) is 0 Å². The normalized spacial score (nSPS) is 15.8. The van der Waals surface area contributed by atoms with E-state index in [1.807, 2.05) is 42.5 Å². The number of fused-ring (bicyclic) bond motifs is 1. The molecule has 3 aromatic rings. The third-order valence-electron chi connectivity index (χ3n) is 5.23. The highest BCUT2D eigenvalue weighted by molar-refractivity contribution is 5.98. The average molecular weight is 344 g/mol. The summed E-state index contributed by atoms with van der Waals surface area (Å²) in [5, 5.41) is 5.41. The highest BCUT2D eigenvalue weighted by Crippen LogP contribution is 2.24. The van der Waals surface area contributed by atoms with Crippen LogP contribution in [0.2, 0.25) is 0 Å². The van der Waals surface area contributed by atoms with Crippen molar-refractivity contribution in [1.82, 2.24) is 10.2 Å². The van der Waals surface area contributed by atoms with Crippen molar-refractivity contribution in [3.05, 3.63) is 83.9 Å². The van der Waals surface area contributed by atoms with E-state index in [9.17, 15) is 4.79 Å². The summed E-state index contributed by atoms with van der Waals surface area (Å²) in [4.78, 5) is 15.2. The number of hydrogen-bond donors (Lipinski definition) is 1. The van der Waals surface area contributed by atoms with Crippen LogP contribution >= 0.6 is 0 Å². The second-order valence-electron chi connectivity index (χ2n) is 6.94. The van der Waals surface area contributed by atoms with E-state index in [2.05, 4.69) is 40.5 Å². The first-order valence-corrected chi connectivity index (χ1v) is 9.37. The topological polar surface area (TPSA) is 32.3 Å². The second kappa shape index (κ2) is 7.71. The van der Waals surface area contributed by atoms with Crippen LogP contribution in [0.1, 0.15) is 34.8 Å². The molecule has 3 aromatic carbocycles. The summed E-state index contributed by atoms with van der Waals surface area (Å²) >= 11 is 0. The van der Waals surface area contributed by atoms with Crippen LogP contribution in [0.5, 0.6) is 0 Å². The van der Waals surface area contributed by atoms with Crippen molar-refractivity contribution in [1.29, 1.82) is 0 Å². The van der Waals surface area contributed by atoms with Gasteiger partial charge in [0.05, 0.1) is 6.04 Å². The van der Waals surface area contributed by atoms with Gasteiger partial charge in [-0.3, -0.25) is 9.69 Å². The van der Waals surface area contributed by atoms with E-state index >= 15 is 0 Å². The number of benzene rings is 3. The zero-order chi connectivity index (χ0) is 17.8. The molecular formula is C23H24N2O. The minimum Gasteiger partial charge on any atom is -0.350 e. The van der Waals surface area contributed by atoms with Crippen LogP contribution in [0.4, 0.5) is 0 Å². The summed E-state index contributed by atoms with van der Waals surface area (Å²) < 4.78 is 0. The summed E-state index contributed by atoms with van der Waals surface area (Å²) in [5.41, 5.74) is 1.99. The Hall–Kier alpha value is -2.65. The SMILES string of the molecule is O=C(NC[C@@H](c1ccccc1)N1CCCC1)c1ccc2ccccc2c1. The fraction of sp³-hybridized carbons (Fsp3) is 0.261. The first kappa shape index (κ1) is 16.8. The van der Waals surface area contributed by atoms with Gasteiger partial charge in [0.1, 0.15) is 0 Å². The Kier molecular flexibility index (Phi) is 4.98. The zero-order valence-electron chi connectivity index (χ0n) is 14.9. The van der Waals surface area contributed by atoms with Crippen LogP contribution in [0.25, 0.3) is 10.8 Å². The van der Waals surface area contributed by atoms with Gasteiger partial charge in [0, 0.05) is 12.1 Å². The number of nitrogens with one attached hydrogen (secondary N) is 1. The summed E-state index contributed by atoms with van der Waals surface area (Å²) in [6.07, 6.45) is 2.48. The summed E-state index contributed by atoms with van der Waals surface area (Å²) in [7, 11) is 0. The van der Waals surface area contributed by atoms with Gasteiger partial charge in [0.25, 0.3) is 5.91 Å². The van der Waals surface area contributed by atoms with Gasteiger partial charge in [-0.1, -0.05) is 60.7 Å². The molecule has 1 amide bonds. The lowest BCUT2D eigenvalue weighted by molar-refractivity contribution is 0.0938. The molecule has 0 aromatic heterocycles. The van der Waals surface area contributed by atoms with Gasteiger partial charge in [-0.2, -0.15) is 0 Å². The molecule has 0 saturated carbocycles. The molecule has 1 saturated heterocycles. The number of nitrogens with zero attached hydrogens (tertiary/aromatic N) is 1. The molecule has 1 fully saturated rings. The fourth-order valence-corrected chi connectivity index (χ4v) is 3.81. The molecule has 3 heteroatoms. The molecule has 1 heterocycles. The van der Waals surface area contributed by atoms with Crippen LogP contribution in [0.15, 0.2) is 72.8 Å². The Morgan fingerprint density at radius 2 is 1.58 bits per heavy atom. The Balaban J connectivity index is 1.50. The van der Waals surface area contributed by atoms with Crippen molar-refractivity contribution in [2.24, 2.45) is 0 Å². The number of likely N-dealkylation sites (tertiary alicyclic amines) is 1. The third-order valence-corrected chi connectivity index (χ3v) is 5.23. The van der Waals surface area contributed by atoms with Crippen LogP contribution < -0.4 is 5.32 Å². The summed E-state index contributed by atoms with van der Waals surface area (Å²) in [6, 6.07) is 24.8. The molecule has 132 valence electrons. The fourth-order valence-electron chi connectivity index (χ4n) is 3.81. The van der Waals surface area contributed by atoms with Crippen LogP contribution in [-0.2, 0) is 0 Å². The standard InChI is InChI=1S/C23H24N2O/c26-23(21-13-12-18-8-4-5-11-20(18)16-21)24-17-22(25-14-6-7-15-25)19-9-2-1-3-10-19/h1-5,8-13,16,22H,6-7,14-15,17H2,(H,24,26)/t22-/m0/s1. The van der Waals surface area contributed by atoms with E-state index in [0.29, 0.717) is 6.54 Å². The maximum Gasteiger partial charge on any atom is 0.251 e. The molecule has 0 aliphatic carbocycles. The third kappa shape index (κ3) is 3.63. The summed E-state index contributed by atoms with van der Waals surface area (Å²) in [6.45, 7) is 2.84. The van der Waals surface area contributed by atoms with Gasteiger partial charge in [-0.15, -0.1) is 0 Å². The monoisotopic (exact) mass is 344 g/mol. The molecular weight excluding hydrogens is 320 g/mol. The molecule has 1 aliphatic rings. The van der Waals surface area contributed by atoms with Crippen molar-refractivity contribution in [2.75, 3.05) is 19.6 Å². The maximum atomic E-state index is 12.7. The number of carbonyl (C=O) groups excluding carboxylic acids is 1. The number of rotatable bonds is 5. The molecule has 0 bridgehead atoms. The van der Waals surface area contributed by atoms with Crippen molar-refractivity contribution < 1.29 is 4.79 Å². The van der Waals surface area contributed by atoms with Crippen LogP contribution in [0.3, 0.4) is 0 Å². The molecule has 1 atom stereocenters. The van der Waals surface area contributed by atoms with E-state index < -0.39 is 0 Å². The van der Waals surface area contributed by atoms with Crippen LogP contribution in [-0.4, -0.2) is 30.4 Å². The van der Waals surface area contributed by atoms with Gasteiger partial charge in [0.2, 0.25) is 0 Å². The Morgan fingerprint density at radius 3 is 2.35 bits per heavy atom. The largest absolute Gasteiger partial charge is 0.350 e. The number of hydrogen-bond acceptors (Lipinski definition) is 2. The van der Waals surface area contributed by atoms with E-state index in [1.165, 1.54) is 18.4 Å². The van der Waals surface area contributed by atoms with Gasteiger partial charge in [-0.05, 0) is 54.4 Å². The first-order valence-electron chi connectivity index (χ1n) is 9.37. The smallest absolute Gasteiger partial charge is 0.251 e. The summed E-state index contributed by atoms with van der Waals surface area (Å²) in [5.74, 6) is -0.00381. The van der Waals surface area contributed by atoms with E-state index in [-0.39, 0.29) is 11.9 Å². The molecule has 4 rings (SSSR count). The molecule has 0 unspecified atom stereocenters. The average Bonchev–Trinajstić information content (AvgIpc) is 3.23. The highest BCUT2D eigenvalue weighted by atomic mass is 16.1. The Labute approximate surface area is 154 Å². The quantitative estimate of drug-likeness (QED) is 0.744. The van der Waals surface area contributed by atoms with Gasteiger partial charge >= 0.3 is 0 Å².